The highest BCUT2D eigenvalue weighted by molar-refractivity contribution is 5.95. The van der Waals surface area contributed by atoms with E-state index < -0.39 is 17.7 Å². The van der Waals surface area contributed by atoms with E-state index >= 15 is 0 Å². The van der Waals surface area contributed by atoms with Crippen molar-refractivity contribution in [1.29, 1.82) is 0 Å². The Morgan fingerprint density at radius 1 is 1.12 bits per heavy atom. The molecule has 5 nitrogen and oxygen atoms in total. The standard InChI is InChI=1S/C19H30N2O3/c1-5-6-10-13-20-16(14-15-11-8-7-9-12-15)17(22)21-18(23)24-19(2,3)4/h7-9,11-12,16,20H,5-6,10,13-14H2,1-4H3,(H,21,22,23)/t16-/m0/s1. The Balaban J connectivity index is 2.64. The van der Waals surface area contributed by atoms with E-state index in [1.54, 1.807) is 20.8 Å². The second kappa shape index (κ2) is 10.1. The molecule has 0 saturated carbocycles. The molecule has 24 heavy (non-hydrogen) atoms. The molecule has 0 spiro atoms. The van der Waals surface area contributed by atoms with Crippen molar-refractivity contribution in [1.82, 2.24) is 10.6 Å². The first-order chi connectivity index (χ1) is 11.3. The number of carbonyl (C=O) groups excluding carboxylic acids is 2. The predicted molar refractivity (Wildman–Crippen MR) is 95.8 cm³/mol. The Kier molecular flexibility index (Phi) is 8.47. The van der Waals surface area contributed by atoms with Crippen LogP contribution in [0, 0.1) is 0 Å². The van der Waals surface area contributed by atoms with Crippen LogP contribution in [0.4, 0.5) is 4.79 Å². The molecule has 134 valence electrons. The third kappa shape index (κ3) is 8.67. The van der Waals surface area contributed by atoms with Gasteiger partial charge in [0.25, 0.3) is 0 Å². The van der Waals surface area contributed by atoms with Gasteiger partial charge in [-0.2, -0.15) is 0 Å². The van der Waals surface area contributed by atoms with Crippen LogP contribution in [0.2, 0.25) is 0 Å². The molecular weight excluding hydrogens is 304 g/mol. The Morgan fingerprint density at radius 2 is 1.79 bits per heavy atom. The van der Waals surface area contributed by atoms with E-state index in [-0.39, 0.29) is 5.91 Å². The molecule has 5 heteroatoms. The highest BCUT2D eigenvalue weighted by atomic mass is 16.6. The average molecular weight is 334 g/mol. The van der Waals surface area contributed by atoms with Gasteiger partial charge in [-0.3, -0.25) is 10.1 Å². The number of nitrogens with one attached hydrogen (secondary N) is 2. The lowest BCUT2D eigenvalue weighted by atomic mass is 10.1. The molecule has 2 amide bonds. The fraction of sp³-hybridized carbons (Fsp3) is 0.579. The molecule has 0 aromatic heterocycles. The second-order valence-electron chi connectivity index (χ2n) is 6.89. The predicted octanol–water partition coefficient (Wildman–Crippen LogP) is 3.43. The summed E-state index contributed by atoms with van der Waals surface area (Å²) in [5.74, 6) is -0.357. The molecular formula is C19H30N2O3. The molecule has 1 atom stereocenters. The smallest absolute Gasteiger partial charge is 0.414 e. The lowest BCUT2D eigenvalue weighted by Crippen LogP contribution is -2.49. The van der Waals surface area contributed by atoms with Crippen LogP contribution in [0.25, 0.3) is 0 Å². The van der Waals surface area contributed by atoms with E-state index in [1.165, 1.54) is 0 Å². The van der Waals surface area contributed by atoms with E-state index in [1.807, 2.05) is 30.3 Å². The number of hydrogen-bond acceptors (Lipinski definition) is 4. The Labute approximate surface area is 145 Å². The third-order valence-corrected chi connectivity index (χ3v) is 3.39. The average Bonchev–Trinajstić information content (AvgIpc) is 2.49. The monoisotopic (exact) mass is 334 g/mol. The zero-order chi connectivity index (χ0) is 18.0. The third-order valence-electron chi connectivity index (χ3n) is 3.39. The number of ether oxygens (including phenoxy) is 1. The van der Waals surface area contributed by atoms with Gasteiger partial charge in [-0.15, -0.1) is 0 Å². The highest BCUT2D eigenvalue weighted by Crippen LogP contribution is 2.08. The topological polar surface area (TPSA) is 67.4 Å². The summed E-state index contributed by atoms with van der Waals surface area (Å²) in [6.45, 7) is 8.17. The molecule has 0 radical (unpaired) electrons. The Morgan fingerprint density at radius 3 is 2.38 bits per heavy atom. The highest BCUT2D eigenvalue weighted by Gasteiger charge is 2.23. The normalized spacial score (nSPS) is 12.5. The van der Waals surface area contributed by atoms with E-state index in [4.69, 9.17) is 4.74 Å². The van der Waals surface area contributed by atoms with Gasteiger partial charge in [0, 0.05) is 0 Å². The SMILES string of the molecule is CCCCCN[C@@H](Cc1ccccc1)C(=O)NC(=O)OC(C)(C)C. The summed E-state index contributed by atoms with van der Waals surface area (Å²) in [7, 11) is 0. The number of imide groups is 1. The fourth-order valence-electron chi connectivity index (χ4n) is 2.25. The van der Waals surface area contributed by atoms with Gasteiger partial charge in [0.2, 0.25) is 5.91 Å². The lowest BCUT2D eigenvalue weighted by Gasteiger charge is -2.22. The summed E-state index contributed by atoms with van der Waals surface area (Å²) >= 11 is 0. The molecule has 0 aliphatic heterocycles. The molecule has 0 heterocycles. The maximum Gasteiger partial charge on any atom is 0.414 e. The zero-order valence-electron chi connectivity index (χ0n) is 15.2. The molecule has 0 fully saturated rings. The van der Waals surface area contributed by atoms with Gasteiger partial charge in [-0.1, -0.05) is 50.1 Å². The van der Waals surface area contributed by atoms with Crippen molar-refractivity contribution in [3.8, 4) is 0 Å². The summed E-state index contributed by atoms with van der Waals surface area (Å²) in [4.78, 5) is 24.3. The maximum atomic E-state index is 12.4. The molecule has 1 aromatic rings. The van der Waals surface area contributed by atoms with Crippen molar-refractivity contribution in [3.05, 3.63) is 35.9 Å². The summed E-state index contributed by atoms with van der Waals surface area (Å²) in [5, 5.41) is 5.59. The minimum Gasteiger partial charge on any atom is -0.444 e. The number of hydrogen-bond donors (Lipinski definition) is 2. The molecule has 0 saturated heterocycles. The first-order valence-electron chi connectivity index (χ1n) is 8.63. The Hall–Kier alpha value is -1.88. The van der Waals surface area contributed by atoms with Gasteiger partial charge in [0.15, 0.2) is 0 Å². The minimum absolute atomic E-state index is 0.357. The number of unbranched alkanes of at least 4 members (excludes halogenated alkanes) is 2. The van der Waals surface area contributed by atoms with Crippen LogP contribution in [0.15, 0.2) is 30.3 Å². The van der Waals surface area contributed by atoms with Crippen LogP contribution in [0.1, 0.15) is 52.5 Å². The van der Waals surface area contributed by atoms with E-state index in [9.17, 15) is 9.59 Å². The van der Waals surface area contributed by atoms with Gasteiger partial charge in [-0.05, 0) is 45.7 Å². The summed E-state index contributed by atoms with van der Waals surface area (Å²) in [6.07, 6.45) is 3.05. The largest absolute Gasteiger partial charge is 0.444 e. The van der Waals surface area contributed by atoms with Crippen LogP contribution in [-0.4, -0.2) is 30.2 Å². The number of alkyl carbamates (subject to hydrolysis) is 1. The second-order valence-corrected chi connectivity index (χ2v) is 6.89. The Bertz CT molecular complexity index is 509. The van der Waals surface area contributed by atoms with Gasteiger partial charge in [-0.25, -0.2) is 4.79 Å². The van der Waals surface area contributed by atoms with Crippen molar-refractivity contribution in [2.24, 2.45) is 0 Å². The van der Waals surface area contributed by atoms with Crippen LogP contribution in [-0.2, 0) is 16.0 Å². The first kappa shape index (κ1) is 20.2. The minimum atomic E-state index is -0.707. The van der Waals surface area contributed by atoms with E-state index in [2.05, 4.69) is 17.6 Å². The van der Waals surface area contributed by atoms with Gasteiger partial charge in [0.05, 0.1) is 6.04 Å². The molecule has 0 aliphatic carbocycles. The van der Waals surface area contributed by atoms with Crippen molar-refractivity contribution in [3.63, 3.8) is 0 Å². The number of benzene rings is 1. The van der Waals surface area contributed by atoms with Crippen molar-refractivity contribution in [2.45, 2.75) is 65.0 Å². The number of amides is 2. The molecule has 0 aliphatic rings. The summed E-state index contributed by atoms with van der Waals surface area (Å²) < 4.78 is 5.15. The van der Waals surface area contributed by atoms with Gasteiger partial charge >= 0.3 is 6.09 Å². The van der Waals surface area contributed by atoms with Gasteiger partial charge in [0.1, 0.15) is 5.60 Å². The molecule has 0 unspecified atom stereocenters. The van der Waals surface area contributed by atoms with Crippen LogP contribution >= 0.6 is 0 Å². The molecule has 1 rings (SSSR count). The quantitative estimate of drug-likeness (QED) is 0.715. The van der Waals surface area contributed by atoms with Crippen molar-refractivity contribution in [2.75, 3.05) is 6.54 Å². The fourth-order valence-corrected chi connectivity index (χ4v) is 2.25. The molecule has 2 N–H and O–H groups in total. The maximum absolute atomic E-state index is 12.4. The zero-order valence-corrected chi connectivity index (χ0v) is 15.2. The number of carbonyl (C=O) groups is 2. The van der Waals surface area contributed by atoms with Crippen molar-refractivity contribution < 1.29 is 14.3 Å². The van der Waals surface area contributed by atoms with Gasteiger partial charge < -0.3 is 10.1 Å². The van der Waals surface area contributed by atoms with Crippen LogP contribution in [0.3, 0.4) is 0 Å². The summed E-state index contributed by atoms with van der Waals surface area (Å²) in [6, 6.07) is 9.30. The van der Waals surface area contributed by atoms with Crippen molar-refractivity contribution >= 4 is 12.0 Å². The van der Waals surface area contributed by atoms with E-state index in [0.29, 0.717) is 6.42 Å². The number of rotatable bonds is 8. The first-order valence-corrected chi connectivity index (χ1v) is 8.63. The lowest BCUT2D eigenvalue weighted by molar-refractivity contribution is -0.122. The molecule has 1 aromatic carbocycles. The van der Waals surface area contributed by atoms with Crippen LogP contribution < -0.4 is 10.6 Å². The summed E-state index contributed by atoms with van der Waals surface area (Å²) in [5.41, 5.74) is 0.415. The van der Waals surface area contributed by atoms with Crippen LogP contribution in [0.5, 0.6) is 0 Å². The molecule has 0 bridgehead atoms. The van der Waals surface area contributed by atoms with E-state index in [0.717, 1.165) is 31.4 Å².